The molecule has 0 aliphatic rings. The summed E-state index contributed by atoms with van der Waals surface area (Å²) in [6, 6.07) is 3.73. The maximum atomic E-state index is 13.3. The minimum atomic E-state index is -0.735. The number of halogens is 2. The molecule has 0 heterocycles. The number of rotatable bonds is 3. The Balaban J connectivity index is 3.00. The summed E-state index contributed by atoms with van der Waals surface area (Å²) >= 11 is 5.46. The molecule has 0 bridgehead atoms. The zero-order valence-electron chi connectivity index (χ0n) is 8.20. The zero-order valence-corrected chi connectivity index (χ0v) is 8.96. The van der Waals surface area contributed by atoms with Crippen LogP contribution in [0.4, 0.5) is 4.39 Å². The number of alkyl halides is 1. The highest BCUT2D eigenvalue weighted by atomic mass is 35.5. The minimum Gasteiger partial charge on any atom is -0.507 e. The summed E-state index contributed by atoms with van der Waals surface area (Å²) in [6.07, 6.45) is 0. The largest absolute Gasteiger partial charge is 0.507 e. The summed E-state index contributed by atoms with van der Waals surface area (Å²) in [6.45, 7) is 0.300. The molecule has 1 rings (SSSR count). The highest BCUT2D eigenvalue weighted by molar-refractivity contribution is 6.18. The van der Waals surface area contributed by atoms with Crippen LogP contribution in [-0.4, -0.2) is 35.4 Å². The first-order valence-electron chi connectivity index (χ1n) is 4.37. The van der Waals surface area contributed by atoms with Gasteiger partial charge in [0, 0.05) is 19.5 Å². The number of hydrogen-bond acceptors (Lipinski definition) is 2. The van der Waals surface area contributed by atoms with Gasteiger partial charge in [0.2, 0.25) is 0 Å². The summed E-state index contributed by atoms with van der Waals surface area (Å²) in [5.74, 6) is -1.41. The summed E-state index contributed by atoms with van der Waals surface area (Å²) in [7, 11) is 1.50. The molecule has 15 heavy (non-hydrogen) atoms. The fourth-order valence-corrected chi connectivity index (χ4v) is 1.40. The van der Waals surface area contributed by atoms with Crippen LogP contribution < -0.4 is 0 Å². The lowest BCUT2D eigenvalue weighted by atomic mass is 10.1. The van der Waals surface area contributed by atoms with Crippen LogP contribution in [0.3, 0.4) is 0 Å². The Hall–Kier alpha value is -1.29. The normalized spacial score (nSPS) is 10.1. The number of phenolic OH excluding ortho intramolecular Hbond substituents is 1. The monoisotopic (exact) mass is 231 g/mol. The molecule has 0 aliphatic heterocycles. The van der Waals surface area contributed by atoms with Gasteiger partial charge in [-0.3, -0.25) is 4.79 Å². The average molecular weight is 232 g/mol. The van der Waals surface area contributed by atoms with Crippen molar-refractivity contribution < 1.29 is 14.3 Å². The Bertz CT molecular complexity index is 350. The Morgan fingerprint density at radius 2 is 2.27 bits per heavy atom. The molecule has 1 amide bonds. The van der Waals surface area contributed by atoms with E-state index in [0.29, 0.717) is 6.54 Å². The number of amides is 1. The molecule has 0 spiro atoms. The molecule has 1 aromatic rings. The van der Waals surface area contributed by atoms with Crippen molar-refractivity contribution in [3.63, 3.8) is 0 Å². The zero-order chi connectivity index (χ0) is 11.4. The van der Waals surface area contributed by atoms with Crippen molar-refractivity contribution in [2.45, 2.75) is 0 Å². The van der Waals surface area contributed by atoms with Crippen molar-refractivity contribution in [2.24, 2.45) is 0 Å². The van der Waals surface area contributed by atoms with Crippen molar-refractivity contribution in [1.29, 1.82) is 0 Å². The summed E-state index contributed by atoms with van der Waals surface area (Å²) in [4.78, 5) is 12.9. The fraction of sp³-hybridized carbons (Fsp3) is 0.300. The number of carbonyl (C=O) groups excluding carboxylic acids is 1. The van der Waals surface area contributed by atoms with E-state index in [-0.39, 0.29) is 17.2 Å². The van der Waals surface area contributed by atoms with E-state index in [0.717, 1.165) is 6.07 Å². The number of hydrogen-bond donors (Lipinski definition) is 1. The van der Waals surface area contributed by atoms with Crippen LogP contribution in [0.1, 0.15) is 10.4 Å². The first kappa shape index (κ1) is 11.8. The highest BCUT2D eigenvalue weighted by Crippen LogP contribution is 2.21. The van der Waals surface area contributed by atoms with Gasteiger partial charge in [0.15, 0.2) is 0 Å². The molecule has 1 aromatic carbocycles. The molecule has 3 nitrogen and oxygen atoms in total. The fourth-order valence-electron chi connectivity index (χ4n) is 1.14. The smallest absolute Gasteiger partial charge is 0.260 e. The number of nitrogens with zero attached hydrogens (tertiary/aromatic N) is 1. The molecule has 0 atom stereocenters. The maximum Gasteiger partial charge on any atom is 0.260 e. The molecule has 0 saturated heterocycles. The van der Waals surface area contributed by atoms with Crippen LogP contribution in [0.25, 0.3) is 0 Å². The van der Waals surface area contributed by atoms with E-state index in [1.54, 1.807) is 0 Å². The predicted octanol–water partition coefficient (Wildman–Crippen LogP) is 1.84. The van der Waals surface area contributed by atoms with Crippen molar-refractivity contribution in [3.8, 4) is 5.75 Å². The summed E-state index contributed by atoms with van der Waals surface area (Å²) in [5, 5.41) is 9.36. The van der Waals surface area contributed by atoms with Crippen LogP contribution in [0, 0.1) is 5.82 Å². The SMILES string of the molecule is CN(CCCl)C(=O)c1c(O)cccc1F. The van der Waals surface area contributed by atoms with Crippen molar-refractivity contribution >= 4 is 17.5 Å². The standard InChI is InChI=1S/C10H11ClFNO2/c1-13(6-5-11)10(15)9-7(12)3-2-4-8(9)14/h2-4,14H,5-6H2,1H3. The van der Waals surface area contributed by atoms with Crippen molar-refractivity contribution in [3.05, 3.63) is 29.6 Å². The van der Waals surface area contributed by atoms with Crippen LogP contribution in [0.5, 0.6) is 5.75 Å². The lowest BCUT2D eigenvalue weighted by Gasteiger charge is -2.16. The molecule has 0 radical (unpaired) electrons. The van der Waals surface area contributed by atoms with Gasteiger partial charge < -0.3 is 10.0 Å². The van der Waals surface area contributed by atoms with Gasteiger partial charge in [0.1, 0.15) is 17.1 Å². The van der Waals surface area contributed by atoms with Gasteiger partial charge in [-0.15, -0.1) is 11.6 Å². The Morgan fingerprint density at radius 3 is 2.80 bits per heavy atom. The molecule has 5 heteroatoms. The Morgan fingerprint density at radius 1 is 1.60 bits per heavy atom. The van der Waals surface area contributed by atoms with Crippen molar-refractivity contribution in [1.82, 2.24) is 4.90 Å². The maximum absolute atomic E-state index is 13.3. The van der Waals surface area contributed by atoms with Gasteiger partial charge >= 0.3 is 0 Å². The van der Waals surface area contributed by atoms with Gasteiger partial charge in [-0.25, -0.2) is 4.39 Å². The number of carbonyl (C=O) groups is 1. The van der Waals surface area contributed by atoms with Crippen molar-refractivity contribution in [2.75, 3.05) is 19.5 Å². The van der Waals surface area contributed by atoms with E-state index in [9.17, 15) is 14.3 Å². The minimum absolute atomic E-state index is 0.261. The van der Waals surface area contributed by atoms with E-state index < -0.39 is 11.7 Å². The van der Waals surface area contributed by atoms with Crippen LogP contribution in [0.15, 0.2) is 18.2 Å². The second kappa shape index (κ2) is 4.98. The quantitative estimate of drug-likeness (QED) is 0.807. The Kier molecular flexibility index (Phi) is 3.91. The number of benzene rings is 1. The van der Waals surface area contributed by atoms with E-state index in [2.05, 4.69) is 0 Å². The van der Waals surface area contributed by atoms with E-state index in [1.165, 1.54) is 24.1 Å². The van der Waals surface area contributed by atoms with E-state index in [4.69, 9.17) is 11.6 Å². The van der Waals surface area contributed by atoms with Gasteiger partial charge in [-0.2, -0.15) is 0 Å². The predicted molar refractivity (Wildman–Crippen MR) is 55.7 cm³/mol. The van der Waals surface area contributed by atoms with E-state index in [1.807, 2.05) is 0 Å². The van der Waals surface area contributed by atoms with Gasteiger partial charge in [-0.1, -0.05) is 6.07 Å². The van der Waals surface area contributed by atoms with Crippen LogP contribution in [0.2, 0.25) is 0 Å². The first-order chi connectivity index (χ1) is 7.07. The molecule has 82 valence electrons. The molecule has 0 aromatic heterocycles. The number of phenols is 1. The third-order valence-corrected chi connectivity index (χ3v) is 2.14. The average Bonchev–Trinajstić information content (AvgIpc) is 2.17. The Labute approximate surface area is 92.1 Å². The van der Waals surface area contributed by atoms with E-state index >= 15 is 0 Å². The van der Waals surface area contributed by atoms with Gasteiger partial charge in [0.05, 0.1) is 0 Å². The molecule has 0 saturated carbocycles. The molecular weight excluding hydrogens is 221 g/mol. The molecule has 0 aliphatic carbocycles. The molecule has 0 unspecified atom stereocenters. The topological polar surface area (TPSA) is 40.5 Å². The van der Waals surface area contributed by atoms with Crippen LogP contribution >= 0.6 is 11.6 Å². The molecule has 1 N–H and O–H groups in total. The summed E-state index contributed by atoms with van der Waals surface area (Å²) < 4.78 is 13.3. The van der Waals surface area contributed by atoms with Gasteiger partial charge in [-0.05, 0) is 12.1 Å². The third kappa shape index (κ3) is 2.59. The number of aromatic hydroxyl groups is 1. The highest BCUT2D eigenvalue weighted by Gasteiger charge is 2.19. The van der Waals surface area contributed by atoms with Gasteiger partial charge in [0.25, 0.3) is 5.91 Å². The lowest BCUT2D eigenvalue weighted by molar-refractivity contribution is 0.0795. The second-order valence-electron chi connectivity index (χ2n) is 3.05. The summed E-state index contributed by atoms with van der Waals surface area (Å²) in [5.41, 5.74) is -0.315. The third-order valence-electron chi connectivity index (χ3n) is 1.97. The lowest BCUT2D eigenvalue weighted by Crippen LogP contribution is -2.29. The first-order valence-corrected chi connectivity index (χ1v) is 4.90. The van der Waals surface area contributed by atoms with Crippen LogP contribution in [-0.2, 0) is 0 Å². The molecular formula is C10H11ClFNO2. The molecule has 0 fully saturated rings. The second-order valence-corrected chi connectivity index (χ2v) is 3.43.